The number of hydrogen-bond donors (Lipinski definition) is 2. The van der Waals surface area contributed by atoms with Crippen LogP contribution in [0.4, 0.5) is 0 Å². The summed E-state index contributed by atoms with van der Waals surface area (Å²) < 4.78 is 11.0. The molecule has 0 bridgehead atoms. The molecule has 0 aliphatic heterocycles. The largest absolute Gasteiger partial charge is 0.493 e. The second-order valence-corrected chi connectivity index (χ2v) is 6.40. The van der Waals surface area contributed by atoms with Crippen molar-refractivity contribution in [2.45, 2.75) is 26.4 Å². The fourth-order valence-corrected chi connectivity index (χ4v) is 2.91. The summed E-state index contributed by atoms with van der Waals surface area (Å²) in [7, 11) is 1.57. The number of aromatic nitrogens is 1. The number of fused-ring (bicyclic) bond motifs is 1. The van der Waals surface area contributed by atoms with E-state index in [-0.39, 0.29) is 12.0 Å². The lowest BCUT2D eigenvalue weighted by Gasteiger charge is -2.14. The van der Waals surface area contributed by atoms with Crippen LogP contribution in [0.25, 0.3) is 10.9 Å². The van der Waals surface area contributed by atoms with Crippen LogP contribution < -0.4 is 14.8 Å². The maximum Gasteiger partial charge on any atom is 0.251 e. The number of amides is 1. The predicted molar refractivity (Wildman–Crippen MR) is 103 cm³/mol. The third-order valence-electron chi connectivity index (χ3n) is 4.14. The molecule has 0 aliphatic carbocycles. The Morgan fingerprint density at radius 1 is 1.15 bits per heavy atom. The van der Waals surface area contributed by atoms with Crippen molar-refractivity contribution in [1.29, 1.82) is 0 Å². The van der Waals surface area contributed by atoms with E-state index in [2.05, 4.69) is 16.4 Å². The fraction of sp³-hybridized carbons (Fsp3) is 0.286. The topological polar surface area (TPSA) is 63.3 Å². The molecule has 5 nitrogen and oxygen atoms in total. The molecular weight excluding hydrogens is 328 g/mol. The summed E-state index contributed by atoms with van der Waals surface area (Å²) in [6.07, 6.45) is 2.80. The molecule has 2 aromatic carbocycles. The molecule has 0 saturated carbocycles. The van der Waals surface area contributed by atoms with E-state index in [4.69, 9.17) is 9.47 Å². The molecular formula is C21H24N2O3. The van der Waals surface area contributed by atoms with Gasteiger partial charge in [0.15, 0.2) is 11.5 Å². The quantitative estimate of drug-likeness (QED) is 0.677. The van der Waals surface area contributed by atoms with Crippen molar-refractivity contribution < 1.29 is 14.3 Å². The third-order valence-corrected chi connectivity index (χ3v) is 4.14. The molecule has 0 aliphatic rings. The van der Waals surface area contributed by atoms with E-state index in [1.54, 1.807) is 25.3 Å². The number of nitrogens with one attached hydrogen (secondary N) is 2. The molecule has 3 aromatic rings. The lowest BCUT2D eigenvalue weighted by molar-refractivity contribution is 0.0953. The molecule has 3 rings (SSSR count). The van der Waals surface area contributed by atoms with Crippen molar-refractivity contribution in [1.82, 2.24) is 10.3 Å². The summed E-state index contributed by atoms with van der Waals surface area (Å²) in [5, 5.41) is 4.16. The van der Waals surface area contributed by atoms with E-state index >= 15 is 0 Å². The second-order valence-electron chi connectivity index (χ2n) is 6.40. The van der Waals surface area contributed by atoms with Gasteiger partial charge in [0, 0.05) is 29.2 Å². The molecule has 0 spiro atoms. The van der Waals surface area contributed by atoms with Gasteiger partial charge in [-0.3, -0.25) is 4.79 Å². The number of rotatable bonds is 7. The average molecular weight is 352 g/mol. The van der Waals surface area contributed by atoms with Crippen LogP contribution in [0.15, 0.2) is 48.7 Å². The van der Waals surface area contributed by atoms with Crippen LogP contribution in [0.3, 0.4) is 0 Å². The van der Waals surface area contributed by atoms with Crippen molar-refractivity contribution >= 4 is 16.8 Å². The first-order chi connectivity index (χ1) is 12.6. The maximum atomic E-state index is 12.4. The number of H-pyrrole nitrogens is 1. The molecule has 5 heteroatoms. The number of methoxy groups -OCH3 is 1. The van der Waals surface area contributed by atoms with E-state index in [1.807, 2.05) is 38.2 Å². The zero-order chi connectivity index (χ0) is 18.5. The minimum Gasteiger partial charge on any atom is -0.493 e. The molecule has 1 aromatic heterocycles. The van der Waals surface area contributed by atoms with Crippen LogP contribution in [0.5, 0.6) is 11.5 Å². The zero-order valence-corrected chi connectivity index (χ0v) is 15.3. The number of carbonyl (C=O) groups excluding carboxylic acids is 1. The molecule has 0 saturated heterocycles. The highest BCUT2D eigenvalue weighted by Crippen LogP contribution is 2.29. The summed E-state index contributed by atoms with van der Waals surface area (Å²) in [4.78, 5) is 15.7. The number of aromatic amines is 1. The highest BCUT2D eigenvalue weighted by molar-refractivity contribution is 5.95. The summed E-state index contributed by atoms with van der Waals surface area (Å²) >= 11 is 0. The Bertz CT molecular complexity index is 899. The Morgan fingerprint density at radius 3 is 2.73 bits per heavy atom. The number of hydrogen-bond acceptors (Lipinski definition) is 3. The molecule has 2 N–H and O–H groups in total. The number of ether oxygens (including phenoxy) is 2. The first-order valence-electron chi connectivity index (χ1n) is 8.76. The molecule has 1 amide bonds. The van der Waals surface area contributed by atoms with Crippen molar-refractivity contribution in [3.8, 4) is 11.5 Å². The van der Waals surface area contributed by atoms with Crippen LogP contribution in [0.1, 0.15) is 29.8 Å². The van der Waals surface area contributed by atoms with Gasteiger partial charge in [-0.1, -0.05) is 18.2 Å². The van der Waals surface area contributed by atoms with Gasteiger partial charge in [-0.2, -0.15) is 0 Å². The summed E-state index contributed by atoms with van der Waals surface area (Å²) in [6.45, 7) is 4.46. The van der Waals surface area contributed by atoms with E-state index in [9.17, 15) is 4.79 Å². The number of benzene rings is 2. The molecule has 0 atom stereocenters. The molecule has 0 radical (unpaired) electrons. The lowest BCUT2D eigenvalue weighted by atomic mass is 10.1. The monoisotopic (exact) mass is 352 g/mol. The Labute approximate surface area is 153 Å². The smallest absolute Gasteiger partial charge is 0.251 e. The van der Waals surface area contributed by atoms with Gasteiger partial charge in [0.1, 0.15) is 0 Å². The Morgan fingerprint density at radius 2 is 1.96 bits per heavy atom. The Hall–Kier alpha value is -2.95. The molecule has 136 valence electrons. The highest BCUT2D eigenvalue weighted by atomic mass is 16.5. The average Bonchev–Trinajstić information content (AvgIpc) is 3.05. The zero-order valence-electron chi connectivity index (χ0n) is 15.3. The summed E-state index contributed by atoms with van der Waals surface area (Å²) in [5.41, 5.74) is 2.86. The van der Waals surface area contributed by atoms with Crippen molar-refractivity contribution in [2.75, 3.05) is 13.7 Å². The summed E-state index contributed by atoms with van der Waals surface area (Å²) in [6, 6.07) is 13.4. The molecule has 0 fully saturated rings. The number of carbonyl (C=O) groups is 1. The van der Waals surface area contributed by atoms with Gasteiger partial charge in [0.05, 0.1) is 13.2 Å². The lowest BCUT2D eigenvalue weighted by Crippen LogP contribution is -2.25. The van der Waals surface area contributed by atoms with Crippen molar-refractivity contribution in [3.05, 3.63) is 59.8 Å². The normalized spacial score (nSPS) is 10.9. The van der Waals surface area contributed by atoms with E-state index < -0.39 is 0 Å². The fourth-order valence-electron chi connectivity index (χ4n) is 2.91. The summed E-state index contributed by atoms with van der Waals surface area (Å²) in [5.74, 6) is 1.07. The van der Waals surface area contributed by atoms with Crippen LogP contribution in [0.2, 0.25) is 0 Å². The van der Waals surface area contributed by atoms with E-state index in [0.717, 1.165) is 11.9 Å². The van der Waals surface area contributed by atoms with Gasteiger partial charge in [-0.15, -0.1) is 0 Å². The first-order valence-corrected chi connectivity index (χ1v) is 8.76. The van der Waals surface area contributed by atoms with Crippen LogP contribution in [-0.2, 0) is 6.42 Å². The van der Waals surface area contributed by atoms with Crippen molar-refractivity contribution in [2.24, 2.45) is 0 Å². The highest BCUT2D eigenvalue weighted by Gasteiger charge is 2.12. The molecule has 26 heavy (non-hydrogen) atoms. The van der Waals surface area contributed by atoms with Crippen LogP contribution >= 0.6 is 0 Å². The number of para-hydroxylation sites is 1. The van der Waals surface area contributed by atoms with Crippen LogP contribution in [0, 0.1) is 0 Å². The van der Waals surface area contributed by atoms with Gasteiger partial charge < -0.3 is 19.8 Å². The Balaban J connectivity index is 1.63. The second kappa shape index (κ2) is 7.95. The molecule has 0 unspecified atom stereocenters. The van der Waals surface area contributed by atoms with Gasteiger partial charge >= 0.3 is 0 Å². The Kier molecular flexibility index (Phi) is 5.46. The van der Waals surface area contributed by atoms with E-state index in [1.165, 1.54) is 10.9 Å². The predicted octanol–water partition coefficient (Wildman–Crippen LogP) is 3.94. The third kappa shape index (κ3) is 3.99. The molecule has 1 heterocycles. The van der Waals surface area contributed by atoms with Crippen LogP contribution in [-0.4, -0.2) is 30.6 Å². The van der Waals surface area contributed by atoms with Crippen molar-refractivity contribution in [3.63, 3.8) is 0 Å². The first kappa shape index (κ1) is 17.9. The maximum absolute atomic E-state index is 12.4. The van der Waals surface area contributed by atoms with Gasteiger partial charge in [0.2, 0.25) is 0 Å². The van der Waals surface area contributed by atoms with Gasteiger partial charge in [-0.25, -0.2) is 0 Å². The minimum atomic E-state index is -0.126. The van der Waals surface area contributed by atoms with Gasteiger partial charge in [-0.05, 0) is 50.1 Å². The van der Waals surface area contributed by atoms with Gasteiger partial charge in [0.25, 0.3) is 5.91 Å². The SMILES string of the molecule is COc1cc(C(=O)NCCc2c[nH]c3ccccc23)ccc1OC(C)C. The minimum absolute atomic E-state index is 0.0414. The van der Waals surface area contributed by atoms with E-state index in [0.29, 0.717) is 23.6 Å². The standard InChI is InChI=1S/C21H24N2O3/c1-14(2)26-19-9-8-15(12-20(19)25-3)21(24)22-11-10-16-13-23-18-7-5-4-6-17(16)18/h4-9,12-14,23H,10-11H2,1-3H3,(H,22,24).